The van der Waals surface area contributed by atoms with Crippen molar-refractivity contribution >= 4 is 35.2 Å². The molecule has 0 fully saturated rings. The summed E-state index contributed by atoms with van der Waals surface area (Å²) in [4.78, 5) is 29.9. The van der Waals surface area contributed by atoms with Crippen LogP contribution in [-0.2, 0) is 22.6 Å². The SMILES string of the molecule is Cc1cccc(CN(C(=O)CSc2ccc(Cl)cc2)C(Cc2ccccc2)C(=O)NC(C)(C)C)c1. The number of hydrogen-bond acceptors (Lipinski definition) is 3. The van der Waals surface area contributed by atoms with Gasteiger partial charge in [0, 0.05) is 28.4 Å². The molecule has 0 aliphatic heterocycles. The summed E-state index contributed by atoms with van der Waals surface area (Å²) in [5, 5.41) is 3.75. The van der Waals surface area contributed by atoms with E-state index in [1.807, 2.05) is 100 Å². The Hall–Kier alpha value is -2.76. The van der Waals surface area contributed by atoms with Crippen LogP contribution in [0.3, 0.4) is 0 Å². The molecule has 3 aromatic rings. The molecular weight excluding hydrogens is 476 g/mol. The number of halogens is 1. The van der Waals surface area contributed by atoms with E-state index in [0.717, 1.165) is 21.6 Å². The van der Waals surface area contributed by atoms with Gasteiger partial charge in [-0.25, -0.2) is 0 Å². The van der Waals surface area contributed by atoms with E-state index in [1.54, 1.807) is 4.90 Å². The number of carbonyl (C=O) groups excluding carboxylic acids is 2. The second-order valence-corrected chi connectivity index (χ2v) is 11.2. The van der Waals surface area contributed by atoms with Crippen molar-refractivity contribution in [1.82, 2.24) is 10.2 Å². The first-order valence-corrected chi connectivity index (χ1v) is 13.1. The highest BCUT2D eigenvalue weighted by molar-refractivity contribution is 8.00. The number of carbonyl (C=O) groups is 2. The third-order valence-corrected chi connectivity index (χ3v) is 6.63. The average molecular weight is 509 g/mol. The van der Waals surface area contributed by atoms with Crippen LogP contribution in [0.15, 0.2) is 83.8 Å². The third kappa shape index (κ3) is 8.75. The van der Waals surface area contributed by atoms with E-state index in [9.17, 15) is 9.59 Å². The maximum Gasteiger partial charge on any atom is 0.243 e. The van der Waals surface area contributed by atoms with Crippen molar-refractivity contribution in [1.29, 1.82) is 0 Å². The van der Waals surface area contributed by atoms with E-state index in [1.165, 1.54) is 11.8 Å². The van der Waals surface area contributed by atoms with Crippen molar-refractivity contribution in [2.75, 3.05) is 5.75 Å². The van der Waals surface area contributed by atoms with Crippen molar-refractivity contribution in [3.05, 3.63) is 101 Å². The monoisotopic (exact) mass is 508 g/mol. The van der Waals surface area contributed by atoms with Gasteiger partial charge in [0.25, 0.3) is 0 Å². The highest BCUT2D eigenvalue weighted by atomic mass is 35.5. The predicted octanol–water partition coefficient (Wildman–Crippen LogP) is 6.30. The van der Waals surface area contributed by atoms with E-state index in [2.05, 4.69) is 11.4 Å². The van der Waals surface area contributed by atoms with Crippen molar-refractivity contribution in [2.24, 2.45) is 0 Å². The lowest BCUT2D eigenvalue weighted by Crippen LogP contribution is -2.54. The second-order valence-electron chi connectivity index (χ2n) is 9.70. The van der Waals surface area contributed by atoms with Gasteiger partial charge in [-0.15, -0.1) is 11.8 Å². The number of rotatable bonds is 9. The molecule has 1 N–H and O–H groups in total. The van der Waals surface area contributed by atoms with Crippen molar-refractivity contribution in [3.63, 3.8) is 0 Å². The van der Waals surface area contributed by atoms with E-state index in [4.69, 9.17) is 11.6 Å². The van der Waals surface area contributed by atoms with Crippen LogP contribution in [-0.4, -0.2) is 34.0 Å². The minimum atomic E-state index is -0.643. The fourth-order valence-corrected chi connectivity index (χ4v) is 4.68. The molecule has 35 heavy (non-hydrogen) atoms. The Morgan fingerprint density at radius 3 is 2.23 bits per heavy atom. The van der Waals surface area contributed by atoms with Crippen LogP contribution >= 0.6 is 23.4 Å². The summed E-state index contributed by atoms with van der Waals surface area (Å²) >= 11 is 7.45. The van der Waals surface area contributed by atoms with E-state index >= 15 is 0 Å². The lowest BCUT2D eigenvalue weighted by molar-refractivity contribution is -0.140. The Kier molecular flexibility index (Phi) is 9.41. The number of hydrogen-bond donors (Lipinski definition) is 1. The van der Waals surface area contributed by atoms with Crippen molar-refractivity contribution in [3.8, 4) is 0 Å². The normalized spacial score (nSPS) is 12.1. The molecule has 0 bridgehead atoms. The highest BCUT2D eigenvalue weighted by Crippen LogP contribution is 2.23. The number of thioether (sulfide) groups is 1. The molecule has 0 spiro atoms. The molecule has 4 nitrogen and oxygen atoms in total. The van der Waals surface area contributed by atoms with Crippen LogP contribution in [0.2, 0.25) is 5.02 Å². The topological polar surface area (TPSA) is 49.4 Å². The van der Waals surface area contributed by atoms with Gasteiger partial charge in [0.15, 0.2) is 0 Å². The van der Waals surface area contributed by atoms with Gasteiger partial charge in [-0.3, -0.25) is 9.59 Å². The minimum absolute atomic E-state index is 0.0866. The predicted molar refractivity (Wildman–Crippen MR) is 146 cm³/mol. The molecule has 3 aromatic carbocycles. The van der Waals surface area contributed by atoms with Crippen LogP contribution in [0.4, 0.5) is 0 Å². The van der Waals surface area contributed by atoms with Gasteiger partial charge in [0.05, 0.1) is 5.75 Å². The Balaban J connectivity index is 1.92. The fraction of sp³-hybridized carbons (Fsp3) is 0.310. The summed E-state index contributed by atoms with van der Waals surface area (Å²) in [5.41, 5.74) is 2.71. The molecule has 2 amide bonds. The van der Waals surface area contributed by atoms with Crippen molar-refractivity contribution in [2.45, 2.75) is 57.1 Å². The molecule has 0 radical (unpaired) electrons. The summed E-state index contributed by atoms with van der Waals surface area (Å²) in [7, 11) is 0. The van der Waals surface area contributed by atoms with Crippen LogP contribution < -0.4 is 5.32 Å². The largest absolute Gasteiger partial charge is 0.350 e. The molecule has 0 aliphatic rings. The zero-order chi connectivity index (χ0) is 25.4. The van der Waals surface area contributed by atoms with Gasteiger partial charge >= 0.3 is 0 Å². The number of benzene rings is 3. The number of nitrogens with zero attached hydrogens (tertiary/aromatic N) is 1. The zero-order valence-corrected chi connectivity index (χ0v) is 22.3. The summed E-state index contributed by atoms with van der Waals surface area (Å²) in [6.07, 6.45) is 0.436. The van der Waals surface area contributed by atoms with Crippen LogP contribution in [0.25, 0.3) is 0 Å². The van der Waals surface area contributed by atoms with Crippen molar-refractivity contribution < 1.29 is 9.59 Å². The minimum Gasteiger partial charge on any atom is -0.350 e. The molecule has 0 aromatic heterocycles. The summed E-state index contributed by atoms with van der Waals surface area (Å²) < 4.78 is 0. The Bertz CT molecular complexity index is 1130. The number of amides is 2. The lowest BCUT2D eigenvalue weighted by Gasteiger charge is -2.34. The van der Waals surface area contributed by atoms with Gasteiger partial charge < -0.3 is 10.2 Å². The first-order valence-electron chi connectivity index (χ1n) is 11.7. The molecule has 0 saturated carbocycles. The molecule has 1 unspecified atom stereocenters. The molecule has 184 valence electrons. The Labute approximate surface area is 218 Å². The molecular formula is C29H33ClN2O2S. The van der Waals surface area contributed by atoms with Crippen LogP contribution in [0.5, 0.6) is 0 Å². The molecule has 0 saturated heterocycles. The second kappa shape index (κ2) is 12.3. The molecule has 0 heterocycles. The quantitative estimate of drug-likeness (QED) is 0.345. The third-order valence-electron chi connectivity index (χ3n) is 5.38. The maximum absolute atomic E-state index is 13.7. The Morgan fingerprint density at radius 2 is 1.60 bits per heavy atom. The van der Waals surface area contributed by atoms with Crippen LogP contribution in [0.1, 0.15) is 37.5 Å². The van der Waals surface area contributed by atoms with Gasteiger partial charge in [-0.05, 0) is 63.1 Å². The van der Waals surface area contributed by atoms with E-state index in [-0.39, 0.29) is 17.6 Å². The highest BCUT2D eigenvalue weighted by Gasteiger charge is 2.32. The first kappa shape index (κ1) is 26.8. The lowest BCUT2D eigenvalue weighted by atomic mass is 10.0. The van der Waals surface area contributed by atoms with Gasteiger partial charge in [0.1, 0.15) is 6.04 Å². The molecule has 0 aliphatic carbocycles. The van der Waals surface area contributed by atoms with Crippen LogP contribution in [0, 0.1) is 6.92 Å². The zero-order valence-electron chi connectivity index (χ0n) is 20.8. The van der Waals surface area contributed by atoms with Gasteiger partial charge in [0.2, 0.25) is 11.8 Å². The smallest absolute Gasteiger partial charge is 0.243 e. The van der Waals surface area contributed by atoms with E-state index < -0.39 is 11.6 Å². The summed E-state index contributed by atoms with van der Waals surface area (Å²) in [5.74, 6) is -0.0167. The summed E-state index contributed by atoms with van der Waals surface area (Å²) in [6, 6.07) is 24.7. The fourth-order valence-electron chi connectivity index (χ4n) is 3.77. The maximum atomic E-state index is 13.7. The average Bonchev–Trinajstić information content (AvgIpc) is 2.80. The van der Waals surface area contributed by atoms with Gasteiger partial charge in [-0.1, -0.05) is 71.8 Å². The standard InChI is InChI=1S/C29H33ClN2O2S/c1-21-9-8-12-23(17-21)19-32(27(33)20-35-25-15-13-24(30)14-16-25)26(28(34)31-29(2,3)4)18-22-10-6-5-7-11-22/h5-17,26H,18-20H2,1-4H3,(H,31,34). The number of nitrogens with one attached hydrogen (secondary N) is 1. The van der Waals surface area contributed by atoms with Gasteiger partial charge in [-0.2, -0.15) is 0 Å². The Morgan fingerprint density at radius 1 is 0.943 bits per heavy atom. The molecule has 6 heteroatoms. The molecule has 3 rings (SSSR count). The summed E-state index contributed by atoms with van der Waals surface area (Å²) in [6.45, 7) is 8.24. The number of aryl methyl sites for hydroxylation is 1. The molecule has 1 atom stereocenters. The first-order chi connectivity index (χ1) is 16.6. The van der Waals surface area contributed by atoms with E-state index in [0.29, 0.717) is 18.0 Å².